The summed E-state index contributed by atoms with van der Waals surface area (Å²) in [5.74, 6) is 0.492. The van der Waals surface area contributed by atoms with Crippen molar-refractivity contribution in [3.05, 3.63) is 48.8 Å². The van der Waals surface area contributed by atoms with E-state index in [-0.39, 0.29) is 28.6 Å². The Balaban J connectivity index is 2.03. The lowest BCUT2D eigenvalue weighted by molar-refractivity contribution is 0.168. The fourth-order valence-corrected chi connectivity index (χ4v) is 5.07. The SMILES string of the molecule is COc1ccc(C[C@@H](C)NC[C@H](O)c2c(Br)c(O)c(Br)c(O)c2Br)cc1. The second kappa shape index (κ2) is 9.41. The maximum Gasteiger partial charge on any atom is 0.148 e. The minimum Gasteiger partial charge on any atom is -0.505 e. The molecular weight excluding hydrogens is 534 g/mol. The molecule has 0 spiro atoms. The van der Waals surface area contributed by atoms with Gasteiger partial charge in [0.25, 0.3) is 0 Å². The van der Waals surface area contributed by atoms with Gasteiger partial charge in [0.1, 0.15) is 21.7 Å². The highest BCUT2D eigenvalue weighted by molar-refractivity contribution is 9.11. The number of methoxy groups -OCH3 is 1. The van der Waals surface area contributed by atoms with Crippen LogP contribution < -0.4 is 10.1 Å². The summed E-state index contributed by atoms with van der Waals surface area (Å²) in [6, 6.07) is 7.96. The van der Waals surface area contributed by atoms with E-state index in [1.54, 1.807) is 7.11 Å². The summed E-state index contributed by atoms with van der Waals surface area (Å²) in [5.41, 5.74) is 1.54. The Morgan fingerprint density at radius 2 is 1.54 bits per heavy atom. The second-order valence-electron chi connectivity index (χ2n) is 5.93. The molecule has 0 heterocycles. The number of hydrogen-bond acceptors (Lipinski definition) is 5. The molecule has 0 bridgehead atoms. The molecule has 0 saturated heterocycles. The van der Waals surface area contributed by atoms with Crippen LogP contribution in [0.2, 0.25) is 0 Å². The van der Waals surface area contributed by atoms with Gasteiger partial charge in [-0.2, -0.15) is 0 Å². The number of benzene rings is 2. The minimum atomic E-state index is -0.929. The van der Waals surface area contributed by atoms with E-state index in [1.165, 1.54) is 0 Å². The highest BCUT2D eigenvalue weighted by Crippen LogP contribution is 2.48. The van der Waals surface area contributed by atoms with E-state index >= 15 is 0 Å². The lowest BCUT2D eigenvalue weighted by Crippen LogP contribution is -2.32. The number of aliphatic hydroxyl groups excluding tert-OH is 1. The average Bonchev–Trinajstić information content (AvgIpc) is 2.64. The molecule has 4 N–H and O–H groups in total. The maximum absolute atomic E-state index is 10.5. The number of ether oxygens (including phenoxy) is 1. The summed E-state index contributed by atoms with van der Waals surface area (Å²) < 4.78 is 5.96. The molecule has 0 unspecified atom stereocenters. The summed E-state index contributed by atoms with van der Waals surface area (Å²) in [6.07, 6.45) is -0.141. The number of aromatic hydroxyl groups is 2. The Morgan fingerprint density at radius 1 is 1.00 bits per heavy atom. The van der Waals surface area contributed by atoms with Gasteiger partial charge >= 0.3 is 0 Å². The first-order valence-electron chi connectivity index (χ1n) is 7.88. The zero-order chi connectivity index (χ0) is 19.4. The van der Waals surface area contributed by atoms with Crippen molar-refractivity contribution in [2.75, 3.05) is 13.7 Å². The first kappa shape index (κ1) is 21.5. The number of phenols is 2. The van der Waals surface area contributed by atoms with Gasteiger partial charge < -0.3 is 25.4 Å². The van der Waals surface area contributed by atoms with Crippen LogP contribution in [0.1, 0.15) is 24.2 Å². The van der Waals surface area contributed by atoms with Gasteiger partial charge in [0.05, 0.1) is 22.2 Å². The lowest BCUT2D eigenvalue weighted by atomic mass is 10.1. The van der Waals surface area contributed by atoms with Gasteiger partial charge in [-0.05, 0) is 78.8 Å². The van der Waals surface area contributed by atoms with Crippen molar-refractivity contribution in [1.82, 2.24) is 5.32 Å². The smallest absolute Gasteiger partial charge is 0.148 e. The molecule has 0 amide bonds. The van der Waals surface area contributed by atoms with Gasteiger partial charge in [-0.3, -0.25) is 0 Å². The average molecular weight is 554 g/mol. The first-order valence-corrected chi connectivity index (χ1v) is 10.3. The molecular formula is C18H20Br3NO4. The lowest BCUT2D eigenvalue weighted by Gasteiger charge is -2.21. The van der Waals surface area contributed by atoms with Gasteiger partial charge in [0, 0.05) is 18.2 Å². The first-order chi connectivity index (χ1) is 12.3. The van der Waals surface area contributed by atoms with Crippen LogP contribution >= 0.6 is 47.8 Å². The van der Waals surface area contributed by atoms with Crippen LogP contribution in [0.4, 0.5) is 0 Å². The van der Waals surface area contributed by atoms with Crippen molar-refractivity contribution >= 4 is 47.8 Å². The quantitative estimate of drug-likeness (QED) is 0.401. The monoisotopic (exact) mass is 551 g/mol. The largest absolute Gasteiger partial charge is 0.505 e. The number of phenolic OH excluding ortho intramolecular Hbond substituents is 2. The van der Waals surface area contributed by atoms with E-state index in [2.05, 4.69) is 53.1 Å². The highest BCUT2D eigenvalue weighted by atomic mass is 79.9. The van der Waals surface area contributed by atoms with Crippen LogP contribution in [0.5, 0.6) is 17.2 Å². The highest BCUT2D eigenvalue weighted by Gasteiger charge is 2.24. The summed E-state index contributed by atoms with van der Waals surface area (Å²) in [4.78, 5) is 0. The molecule has 0 aliphatic heterocycles. The molecule has 2 atom stereocenters. The molecule has 0 saturated carbocycles. The standard InChI is InChI=1S/C18H20Br3NO4/c1-9(7-10-3-5-11(26-2)6-4-10)22-8-12(23)13-14(19)17(24)16(21)18(25)15(13)20/h3-6,9,12,22-25H,7-8H2,1-2H3/t9-,12+/m1/s1. The number of halogens is 3. The Labute approximate surface area is 177 Å². The van der Waals surface area contributed by atoms with Crippen molar-refractivity contribution in [3.63, 3.8) is 0 Å². The zero-order valence-electron chi connectivity index (χ0n) is 14.3. The van der Waals surface area contributed by atoms with Crippen molar-refractivity contribution in [1.29, 1.82) is 0 Å². The topological polar surface area (TPSA) is 82.0 Å². The van der Waals surface area contributed by atoms with Crippen LogP contribution in [0, 0.1) is 0 Å². The predicted molar refractivity (Wildman–Crippen MR) is 112 cm³/mol. The zero-order valence-corrected chi connectivity index (χ0v) is 19.0. The predicted octanol–water partition coefficient (Wildman–Crippen LogP) is 4.65. The third-order valence-corrected chi connectivity index (χ3v) is 6.36. The summed E-state index contributed by atoms with van der Waals surface area (Å²) in [6.45, 7) is 2.28. The van der Waals surface area contributed by atoms with Crippen molar-refractivity contribution in [3.8, 4) is 17.2 Å². The van der Waals surface area contributed by atoms with Crippen molar-refractivity contribution in [2.24, 2.45) is 0 Å². The molecule has 2 aromatic rings. The van der Waals surface area contributed by atoms with Crippen molar-refractivity contribution < 1.29 is 20.1 Å². The summed E-state index contributed by atoms with van der Waals surface area (Å²) in [7, 11) is 1.63. The van der Waals surface area contributed by atoms with Crippen LogP contribution in [0.3, 0.4) is 0 Å². The van der Waals surface area contributed by atoms with E-state index in [1.807, 2.05) is 31.2 Å². The molecule has 142 valence electrons. The van der Waals surface area contributed by atoms with E-state index in [0.717, 1.165) is 17.7 Å². The number of aliphatic hydroxyl groups is 1. The molecule has 0 aliphatic carbocycles. The van der Waals surface area contributed by atoms with Gasteiger partial charge in [-0.25, -0.2) is 0 Å². The van der Waals surface area contributed by atoms with Crippen LogP contribution in [-0.2, 0) is 6.42 Å². The molecule has 26 heavy (non-hydrogen) atoms. The molecule has 0 radical (unpaired) electrons. The number of hydrogen-bond donors (Lipinski definition) is 4. The number of nitrogens with one attached hydrogen (secondary N) is 1. The van der Waals surface area contributed by atoms with Crippen molar-refractivity contribution in [2.45, 2.75) is 25.5 Å². The minimum absolute atomic E-state index is 0.119. The van der Waals surface area contributed by atoms with E-state index in [4.69, 9.17) is 4.74 Å². The number of rotatable bonds is 7. The molecule has 5 nitrogen and oxygen atoms in total. The van der Waals surface area contributed by atoms with Gasteiger partial charge in [0.15, 0.2) is 0 Å². The van der Waals surface area contributed by atoms with E-state index < -0.39 is 6.10 Å². The van der Waals surface area contributed by atoms with E-state index in [0.29, 0.717) is 14.5 Å². The maximum atomic E-state index is 10.5. The third-order valence-electron chi connectivity index (χ3n) is 4.00. The van der Waals surface area contributed by atoms with Crippen LogP contribution in [0.25, 0.3) is 0 Å². The Hall–Kier alpha value is -0.800. The molecule has 0 fully saturated rings. The summed E-state index contributed by atoms with van der Waals surface area (Å²) in [5, 5.41) is 33.9. The Kier molecular flexibility index (Phi) is 7.78. The van der Waals surface area contributed by atoms with Crippen LogP contribution in [0.15, 0.2) is 37.7 Å². The molecule has 0 aromatic heterocycles. The second-order valence-corrected chi connectivity index (χ2v) is 8.31. The third kappa shape index (κ3) is 4.92. The molecule has 2 rings (SSSR count). The normalized spacial score (nSPS) is 13.5. The van der Waals surface area contributed by atoms with Gasteiger partial charge in [-0.15, -0.1) is 0 Å². The van der Waals surface area contributed by atoms with Crippen LogP contribution in [-0.4, -0.2) is 35.0 Å². The van der Waals surface area contributed by atoms with Gasteiger partial charge in [-0.1, -0.05) is 12.1 Å². The summed E-state index contributed by atoms with van der Waals surface area (Å²) >= 11 is 9.65. The Morgan fingerprint density at radius 3 is 2.04 bits per heavy atom. The fraction of sp³-hybridized carbons (Fsp3) is 0.333. The van der Waals surface area contributed by atoms with E-state index in [9.17, 15) is 15.3 Å². The fourth-order valence-electron chi connectivity index (χ4n) is 2.55. The molecule has 2 aromatic carbocycles. The molecule has 8 heteroatoms. The van der Waals surface area contributed by atoms with Gasteiger partial charge in [0.2, 0.25) is 0 Å². The Bertz CT molecular complexity index is 739. The molecule has 0 aliphatic rings.